The van der Waals surface area contributed by atoms with Gasteiger partial charge in [0, 0.05) is 12.7 Å². The van der Waals surface area contributed by atoms with Gasteiger partial charge in [-0.05, 0) is 42.7 Å². The molecule has 1 N–H and O–H groups in total. The lowest BCUT2D eigenvalue weighted by atomic mass is 10.1. The Balaban J connectivity index is 2.01. The van der Waals surface area contributed by atoms with Crippen LogP contribution in [0.2, 0.25) is 0 Å². The number of aryl methyl sites for hydroxylation is 2. The highest BCUT2D eigenvalue weighted by atomic mass is 16.1. The number of benzene rings is 1. The molecule has 1 heterocycles. The maximum absolute atomic E-state index is 11.9. The number of carbonyl (C=O) groups excluding carboxylic acids is 1. The number of carbonyl (C=O) groups is 1. The maximum atomic E-state index is 11.9. The second-order valence-corrected chi connectivity index (χ2v) is 4.65. The van der Waals surface area contributed by atoms with Crippen molar-refractivity contribution in [3.63, 3.8) is 0 Å². The summed E-state index contributed by atoms with van der Waals surface area (Å²) in [6.07, 6.45) is 1.39. The van der Waals surface area contributed by atoms with Crippen molar-refractivity contribution in [1.82, 2.24) is 10.3 Å². The minimum absolute atomic E-state index is 0.243. The molecule has 0 aliphatic heterocycles. The molecule has 4 nitrogen and oxygen atoms in total. The molecule has 0 unspecified atom stereocenters. The predicted octanol–water partition coefficient (Wildman–Crippen LogP) is 2.50. The van der Waals surface area contributed by atoms with Crippen LogP contribution < -0.4 is 5.32 Å². The van der Waals surface area contributed by atoms with E-state index in [1.165, 1.54) is 17.3 Å². The Morgan fingerprint density at radius 3 is 2.65 bits per heavy atom. The topological polar surface area (TPSA) is 65.8 Å². The predicted molar refractivity (Wildman–Crippen MR) is 76.0 cm³/mol. The third-order valence-corrected chi connectivity index (χ3v) is 3.15. The molecule has 1 aromatic carbocycles. The molecule has 0 radical (unpaired) electrons. The van der Waals surface area contributed by atoms with Crippen LogP contribution in [0.4, 0.5) is 0 Å². The van der Waals surface area contributed by atoms with E-state index in [0.29, 0.717) is 17.8 Å². The Labute approximate surface area is 118 Å². The van der Waals surface area contributed by atoms with Gasteiger partial charge in [-0.1, -0.05) is 18.2 Å². The maximum Gasteiger partial charge on any atom is 0.270 e. The minimum Gasteiger partial charge on any atom is -0.347 e. The van der Waals surface area contributed by atoms with E-state index >= 15 is 0 Å². The van der Waals surface area contributed by atoms with Crippen LogP contribution in [0.25, 0.3) is 0 Å². The van der Waals surface area contributed by atoms with Gasteiger partial charge in [0.05, 0.1) is 5.56 Å². The fourth-order valence-electron chi connectivity index (χ4n) is 1.78. The van der Waals surface area contributed by atoms with Crippen molar-refractivity contribution in [3.8, 4) is 6.07 Å². The van der Waals surface area contributed by atoms with Crippen LogP contribution in [0.3, 0.4) is 0 Å². The minimum atomic E-state index is -0.243. The van der Waals surface area contributed by atoms with E-state index in [0.717, 1.165) is 5.56 Å². The molecular weight excluding hydrogens is 250 g/mol. The van der Waals surface area contributed by atoms with Crippen LogP contribution in [0.5, 0.6) is 0 Å². The van der Waals surface area contributed by atoms with Gasteiger partial charge in [0.2, 0.25) is 0 Å². The highest BCUT2D eigenvalue weighted by molar-refractivity contribution is 5.92. The van der Waals surface area contributed by atoms with Crippen molar-refractivity contribution in [2.75, 3.05) is 0 Å². The highest BCUT2D eigenvalue weighted by Crippen LogP contribution is 2.09. The van der Waals surface area contributed by atoms with Gasteiger partial charge in [-0.25, -0.2) is 4.98 Å². The molecule has 4 heteroatoms. The molecule has 100 valence electrons. The van der Waals surface area contributed by atoms with Crippen LogP contribution in [0.15, 0.2) is 36.5 Å². The van der Waals surface area contributed by atoms with Gasteiger partial charge in [-0.15, -0.1) is 0 Å². The number of nitrogens with zero attached hydrogens (tertiary/aromatic N) is 2. The van der Waals surface area contributed by atoms with E-state index in [-0.39, 0.29) is 5.91 Å². The number of hydrogen-bond acceptors (Lipinski definition) is 3. The third kappa shape index (κ3) is 3.21. The zero-order valence-electron chi connectivity index (χ0n) is 11.5. The molecule has 0 aliphatic carbocycles. The molecular formula is C16H15N3O. The molecule has 0 atom stereocenters. The zero-order chi connectivity index (χ0) is 14.5. The van der Waals surface area contributed by atoms with Crippen molar-refractivity contribution in [3.05, 3.63) is 64.5 Å². The molecule has 0 saturated heterocycles. The molecule has 0 saturated carbocycles. The lowest BCUT2D eigenvalue weighted by molar-refractivity contribution is 0.0946. The van der Waals surface area contributed by atoms with E-state index in [9.17, 15) is 4.79 Å². The van der Waals surface area contributed by atoms with Crippen LogP contribution >= 0.6 is 0 Å². The molecule has 0 spiro atoms. The van der Waals surface area contributed by atoms with Crippen molar-refractivity contribution in [1.29, 1.82) is 5.26 Å². The molecule has 1 amide bonds. The van der Waals surface area contributed by atoms with Gasteiger partial charge in [0.25, 0.3) is 5.91 Å². The van der Waals surface area contributed by atoms with Gasteiger partial charge in [-0.2, -0.15) is 5.26 Å². The number of pyridine rings is 1. The first-order chi connectivity index (χ1) is 9.60. The quantitative estimate of drug-likeness (QED) is 0.927. The summed E-state index contributed by atoms with van der Waals surface area (Å²) in [6.45, 7) is 4.56. The van der Waals surface area contributed by atoms with Crippen molar-refractivity contribution in [2.45, 2.75) is 20.4 Å². The van der Waals surface area contributed by atoms with E-state index < -0.39 is 0 Å². The number of nitriles is 1. The number of aromatic nitrogens is 1. The number of nitrogens with one attached hydrogen (secondary N) is 1. The van der Waals surface area contributed by atoms with Crippen LogP contribution in [-0.4, -0.2) is 10.9 Å². The summed E-state index contributed by atoms with van der Waals surface area (Å²) < 4.78 is 0. The average Bonchev–Trinajstić information content (AvgIpc) is 2.48. The third-order valence-electron chi connectivity index (χ3n) is 3.15. The van der Waals surface area contributed by atoms with E-state index in [1.54, 1.807) is 12.1 Å². The summed E-state index contributed by atoms with van der Waals surface area (Å²) >= 11 is 0. The molecule has 2 aromatic rings. The fraction of sp³-hybridized carbons (Fsp3) is 0.188. The summed E-state index contributed by atoms with van der Waals surface area (Å²) in [5.74, 6) is -0.243. The first kappa shape index (κ1) is 13.8. The van der Waals surface area contributed by atoms with Gasteiger partial charge in [-0.3, -0.25) is 4.79 Å². The molecule has 0 fully saturated rings. The Hall–Kier alpha value is -2.67. The zero-order valence-corrected chi connectivity index (χ0v) is 11.5. The average molecular weight is 265 g/mol. The van der Waals surface area contributed by atoms with E-state index in [2.05, 4.69) is 23.3 Å². The standard InChI is InChI=1S/C16H15N3O/c1-11-3-4-13(7-12(11)2)9-19-16(20)15-6-5-14(8-17)10-18-15/h3-7,10H,9H2,1-2H3,(H,19,20). The molecule has 20 heavy (non-hydrogen) atoms. The SMILES string of the molecule is Cc1ccc(CNC(=O)c2ccc(C#N)cn2)cc1C. The molecule has 2 rings (SSSR count). The molecule has 0 bridgehead atoms. The number of hydrogen-bond donors (Lipinski definition) is 1. The summed E-state index contributed by atoms with van der Waals surface area (Å²) in [6, 6.07) is 11.2. The lowest BCUT2D eigenvalue weighted by Gasteiger charge is -2.07. The molecule has 1 aromatic heterocycles. The normalized spacial score (nSPS) is 9.85. The van der Waals surface area contributed by atoms with Crippen LogP contribution in [0, 0.1) is 25.2 Å². The fourth-order valence-corrected chi connectivity index (χ4v) is 1.78. The largest absolute Gasteiger partial charge is 0.347 e. The number of amides is 1. The lowest BCUT2D eigenvalue weighted by Crippen LogP contribution is -2.23. The van der Waals surface area contributed by atoms with Crippen molar-refractivity contribution in [2.24, 2.45) is 0 Å². The Kier molecular flexibility index (Phi) is 4.11. The molecule has 0 aliphatic rings. The second-order valence-electron chi connectivity index (χ2n) is 4.65. The van der Waals surface area contributed by atoms with Crippen LogP contribution in [0.1, 0.15) is 32.7 Å². The summed E-state index contributed by atoms with van der Waals surface area (Å²) in [4.78, 5) is 15.9. The highest BCUT2D eigenvalue weighted by Gasteiger charge is 2.07. The number of rotatable bonds is 3. The van der Waals surface area contributed by atoms with Crippen LogP contribution in [-0.2, 0) is 6.54 Å². The first-order valence-electron chi connectivity index (χ1n) is 6.30. The summed E-state index contributed by atoms with van der Waals surface area (Å²) in [5, 5.41) is 11.5. The van der Waals surface area contributed by atoms with Gasteiger partial charge < -0.3 is 5.32 Å². The Morgan fingerprint density at radius 2 is 2.05 bits per heavy atom. The van der Waals surface area contributed by atoms with Crippen molar-refractivity contribution < 1.29 is 4.79 Å². The Morgan fingerprint density at radius 1 is 1.25 bits per heavy atom. The van der Waals surface area contributed by atoms with Gasteiger partial charge in [0.1, 0.15) is 11.8 Å². The van der Waals surface area contributed by atoms with Gasteiger partial charge >= 0.3 is 0 Å². The summed E-state index contributed by atoms with van der Waals surface area (Å²) in [5.41, 5.74) is 4.24. The Bertz CT molecular complexity index is 669. The van der Waals surface area contributed by atoms with Gasteiger partial charge in [0.15, 0.2) is 0 Å². The smallest absolute Gasteiger partial charge is 0.270 e. The van der Waals surface area contributed by atoms with Crippen molar-refractivity contribution >= 4 is 5.91 Å². The van der Waals surface area contributed by atoms with E-state index in [1.807, 2.05) is 25.1 Å². The summed E-state index contributed by atoms with van der Waals surface area (Å²) in [7, 11) is 0. The van der Waals surface area contributed by atoms with E-state index in [4.69, 9.17) is 5.26 Å². The first-order valence-corrected chi connectivity index (χ1v) is 6.30. The monoisotopic (exact) mass is 265 g/mol. The second kappa shape index (κ2) is 5.98.